The Morgan fingerprint density at radius 3 is 2.81 bits per heavy atom. The number of benzene rings is 1. The third-order valence-electron chi connectivity index (χ3n) is 2.27. The first-order valence-corrected chi connectivity index (χ1v) is 5.65. The number of carbonyl (C=O) groups is 1. The lowest BCUT2D eigenvalue weighted by molar-refractivity contribution is -0.0625. The van der Waals surface area contributed by atoms with Gasteiger partial charge in [0.2, 0.25) is 0 Å². The van der Waals surface area contributed by atoms with E-state index in [1.54, 1.807) is 11.3 Å². The topological polar surface area (TPSA) is 60.8 Å². The molecule has 0 unspecified atom stereocenters. The molecule has 1 aromatic carbocycles. The maximum Gasteiger partial charge on any atom is 0.431 e. The summed E-state index contributed by atoms with van der Waals surface area (Å²) in [5.41, 5.74) is 0. The largest absolute Gasteiger partial charge is 0.463 e. The van der Waals surface area contributed by atoms with Gasteiger partial charge in [-0.15, -0.1) is 11.3 Å². The van der Waals surface area contributed by atoms with E-state index in [2.05, 4.69) is 0 Å². The lowest BCUT2D eigenvalue weighted by atomic mass is 10.2. The number of nitrogens with zero attached hydrogens (tertiary/aromatic N) is 1. The fourth-order valence-electron chi connectivity index (χ4n) is 1.47. The van der Waals surface area contributed by atoms with Crippen molar-refractivity contribution < 1.29 is 15.1 Å². The number of carboxylic acid groups (broad SMARTS) is 1. The van der Waals surface area contributed by atoms with Crippen molar-refractivity contribution in [2.24, 2.45) is 0 Å². The summed E-state index contributed by atoms with van der Waals surface area (Å²) in [5, 5.41) is 18.9. The first-order valence-electron chi connectivity index (χ1n) is 4.83. The SMILES string of the molecule is O=C(O)N(O)CCc1cc2ccccc2s1. The number of hydrogen-bond donors (Lipinski definition) is 2. The molecule has 0 atom stereocenters. The molecule has 0 bridgehead atoms. The van der Waals surface area contributed by atoms with E-state index < -0.39 is 6.09 Å². The lowest BCUT2D eigenvalue weighted by Crippen LogP contribution is -2.27. The van der Waals surface area contributed by atoms with Crippen LogP contribution in [0.1, 0.15) is 4.88 Å². The first kappa shape index (κ1) is 10.9. The van der Waals surface area contributed by atoms with Crippen LogP contribution in [0.5, 0.6) is 0 Å². The molecule has 0 aliphatic carbocycles. The first-order chi connectivity index (χ1) is 7.66. The predicted molar refractivity (Wildman–Crippen MR) is 62.0 cm³/mol. The lowest BCUT2D eigenvalue weighted by Gasteiger charge is -2.08. The van der Waals surface area contributed by atoms with Crippen molar-refractivity contribution >= 4 is 27.5 Å². The smallest absolute Gasteiger partial charge is 0.431 e. The molecule has 4 nitrogen and oxygen atoms in total. The number of fused-ring (bicyclic) bond motifs is 1. The molecule has 1 heterocycles. The van der Waals surface area contributed by atoms with Crippen LogP contribution in [0.4, 0.5) is 4.79 Å². The summed E-state index contributed by atoms with van der Waals surface area (Å²) in [6.07, 6.45) is -0.789. The van der Waals surface area contributed by atoms with E-state index in [1.807, 2.05) is 30.3 Å². The average Bonchev–Trinajstić information content (AvgIpc) is 2.68. The summed E-state index contributed by atoms with van der Waals surface area (Å²) >= 11 is 1.62. The second-order valence-corrected chi connectivity index (χ2v) is 4.57. The minimum atomic E-state index is -1.32. The van der Waals surface area contributed by atoms with E-state index in [1.165, 1.54) is 4.70 Å². The Balaban J connectivity index is 2.07. The van der Waals surface area contributed by atoms with E-state index in [0.717, 1.165) is 10.3 Å². The van der Waals surface area contributed by atoms with Gasteiger partial charge in [0.05, 0.1) is 6.54 Å². The highest BCUT2D eigenvalue weighted by Crippen LogP contribution is 2.25. The number of hydroxylamine groups is 2. The van der Waals surface area contributed by atoms with Gasteiger partial charge in [-0.3, -0.25) is 5.21 Å². The van der Waals surface area contributed by atoms with E-state index in [4.69, 9.17) is 10.3 Å². The molecule has 84 valence electrons. The molecule has 2 N–H and O–H groups in total. The van der Waals surface area contributed by atoms with Crippen molar-refractivity contribution in [3.05, 3.63) is 35.2 Å². The molecule has 0 radical (unpaired) electrons. The Hall–Kier alpha value is -1.59. The van der Waals surface area contributed by atoms with Gasteiger partial charge in [0.15, 0.2) is 0 Å². The maximum absolute atomic E-state index is 10.4. The Morgan fingerprint density at radius 2 is 2.12 bits per heavy atom. The summed E-state index contributed by atoms with van der Waals surface area (Å²) < 4.78 is 1.18. The summed E-state index contributed by atoms with van der Waals surface area (Å²) in [6, 6.07) is 10.0. The quantitative estimate of drug-likeness (QED) is 0.637. The maximum atomic E-state index is 10.4. The predicted octanol–water partition coefficient (Wildman–Crippen LogP) is 2.81. The Morgan fingerprint density at radius 1 is 1.38 bits per heavy atom. The van der Waals surface area contributed by atoms with E-state index >= 15 is 0 Å². The summed E-state index contributed by atoms with van der Waals surface area (Å²) in [4.78, 5) is 11.4. The normalized spacial score (nSPS) is 10.6. The molecule has 16 heavy (non-hydrogen) atoms. The second-order valence-electron chi connectivity index (χ2n) is 3.41. The van der Waals surface area contributed by atoms with Crippen molar-refractivity contribution in [2.75, 3.05) is 6.54 Å². The molecule has 5 heteroatoms. The zero-order valence-electron chi connectivity index (χ0n) is 8.46. The van der Waals surface area contributed by atoms with Crippen LogP contribution in [0.25, 0.3) is 10.1 Å². The van der Waals surface area contributed by atoms with Crippen molar-refractivity contribution in [1.82, 2.24) is 5.06 Å². The third kappa shape index (κ3) is 2.32. The Kier molecular flexibility index (Phi) is 3.07. The van der Waals surface area contributed by atoms with E-state index in [9.17, 15) is 4.79 Å². The average molecular weight is 237 g/mol. The Bertz CT molecular complexity index is 476. The number of amides is 1. The minimum absolute atomic E-state index is 0.0994. The van der Waals surface area contributed by atoms with Gasteiger partial charge in [-0.25, -0.2) is 4.79 Å². The van der Waals surface area contributed by atoms with Crippen LogP contribution in [0.3, 0.4) is 0 Å². The highest BCUT2D eigenvalue weighted by atomic mass is 32.1. The molecular formula is C11H11NO3S. The third-order valence-corrected chi connectivity index (χ3v) is 3.44. The molecule has 2 aromatic rings. The zero-order valence-corrected chi connectivity index (χ0v) is 9.28. The number of thiophene rings is 1. The van der Waals surface area contributed by atoms with Gasteiger partial charge in [-0.2, -0.15) is 5.06 Å². The van der Waals surface area contributed by atoms with Crippen LogP contribution in [0.2, 0.25) is 0 Å². The highest BCUT2D eigenvalue weighted by Gasteiger charge is 2.08. The summed E-state index contributed by atoms with van der Waals surface area (Å²) in [5.74, 6) is 0. The fraction of sp³-hybridized carbons (Fsp3) is 0.182. The van der Waals surface area contributed by atoms with Crippen LogP contribution in [-0.2, 0) is 6.42 Å². The van der Waals surface area contributed by atoms with Crippen molar-refractivity contribution in [2.45, 2.75) is 6.42 Å². The van der Waals surface area contributed by atoms with Gasteiger partial charge in [0, 0.05) is 16.0 Å². The standard InChI is InChI=1S/C11H11NO3S/c13-11(14)12(15)6-5-9-7-8-3-1-2-4-10(8)16-9/h1-4,7,15H,5-6H2,(H,13,14). The van der Waals surface area contributed by atoms with Crippen LogP contribution < -0.4 is 0 Å². The van der Waals surface area contributed by atoms with Gasteiger partial charge in [0.1, 0.15) is 0 Å². The number of rotatable bonds is 3. The molecule has 2 rings (SSSR count). The van der Waals surface area contributed by atoms with Crippen molar-refractivity contribution in [3.8, 4) is 0 Å². The van der Waals surface area contributed by atoms with E-state index in [0.29, 0.717) is 11.5 Å². The molecular weight excluding hydrogens is 226 g/mol. The van der Waals surface area contributed by atoms with Gasteiger partial charge in [-0.1, -0.05) is 18.2 Å². The summed E-state index contributed by atoms with van der Waals surface area (Å²) in [7, 11) is 0. The Labute approximate surface area is 96.3 Å². The molecule has 0 saturated carbocycles. The van der Waals surface area contributed by atoms with Crippen LogP contribution in [0, 0.1) is 0 Å². The molecule has 1 aromatic heterocycles. The van der Waals surface area contributed by atoms with Gasteiger partial charge in [0.25, 0.3) is 0 Å². The van der Waals surface area contributed by atoms with Gasteiger partial charge in [-0.05, 0) is 17.5 Å². The molecule has 0 spiro atoms. The molecule has 0 aliphatic rings. The van der Waals surface area contributed by atoms with Gasteiger partial charge < -0.3 is 5.11 Å². The number of hydrogen-bond acceptors (Lipinski definition) is 3. The monoisotopic (exact) mass is 237 g/mol. The van der Waals surface area contributed by atoms with Crippen LogP contribution in [-0.4, -0.2) is 28.0 Å². The molecule has 1 amide bonds. The summed E-state index contributed by atoms with van der Waals surface area (Å²) in [6.45, 7) is 0.0994. The molecule has 0 aliphatic heterocycles. The van der Waals surface area contributed by atoms with E-state index in [-0.39, 0.29) is 6.54 Å². The van der Waals surface area contributed by atoms with Crippen LogP contribution in [0.15, 0.2) is 30.3 Å². The molecule has 0 saturated heterocycles. The zero-order chi connectivity index (χ0) is 11.5. The van der Waals surface area contributed by atoms with Crippen molar-refractivity contribution in [3.63, 3.8) is 0 Å². The van der Waals surface area contributed by atoms with Crippen molar-refractivity contribution in [1.29, 1.82) is 0 Å². The van der Waals surface area contributed by atoms with Gasteiger partial charge >= 0.3 is 6.09 Å². The molecule has 0 fully saturated rings. The second kappa shape index (κ2) is 4.51. The fourth-order valence-corrected chi connectivity index (χ4v) is 2.52. The highest BCUT2D eigenvalue weighted by molar-refractivity contribution is 7.19. The minimum Gasteiger partial charge on any atom is -0.463 e. The van der Waals surface area contributed by atoms with Crippen LogP contribution >= 0.6 is 11.3 Å².